The lowest BCUT2D eigenvalue weighted by Crippen LogP contribution is -2.53. The van der Waals surface area contributed by atoms with Crippen molar-refractivity contribution in [3.63, 3.8) is 0 Å². The first-order chi connectivity index (χ1) is 13.4. The Bertz CT molecular complexity index is 989. The van der Waals surface area contributed by atoms with Crippen LogP contribution in [-0.2, 0) is 14.8 Å². The molecule has 8 nitrogen and oxygen atoms in total. The summed E-state index contributed by atoms with van der Waals surface area (Å²) < 4.78 is 32.7. The third kappa shape index (κ3) is 2.82. The zero-order valence-electron chi connectivity index (χ0n) is 15.0. The van der Waals surface area contributed by atoms with Crippen LogP contribution in [0.2, 0.25) is 0 Å². The fourth-order valence-electron chi connectivity index (χ4n) is 4.40. The predicted octanol–water partition coefficient (Wildman–Crippen LogP) is 2.35. The lowest BCUT2D eigenvalue weighted by Gasteiger charge is -2.43. The van der Waals surface area contributed by atoms with Crippen molar-refractivity contribution in [2.75, 3.05) is 19.6 Å². The maximum Gasteiger partial charge on any atom is 0.414 e. The number of piperidine rings is 1. The molecule has 2 amide bonds. The molecule has 0 radical (unpaired) electrons. The highest BCUT2D eigenvalue weighted by molar-refractivity contribution is 7.89. The minimum atomic E-state index is -3.79. The van der Waals surface area contributed by atoms with Crippen LogP contribution in [0.4, 0.5) is 4.79 Å². The number of sulfonamides is 1. The lowest BCUT2D eigenvalue weighted by molar-refractivity contribution is -0.137. The Kier molecular flexibility index (Phi) is 4.51. The van der Waals surface area contributed by atoms with Gasteiger partial charge in [-0.3, -0.25) is 4.79 Å². The van der Waals surface area contributed by atoms with E-state index in [0.29, 0.717) is 6.42 Å². The first-order valence-corrected chi connectivity index (χ1v) is 10.4. The summed E-state index contributed by atoms with van der Waals surface area (Å²) in [5.41, 5.74) is -0.333. The van der Waals surface area contributed by atoms with E-state index in [4.69, 9.17) is 4.42 Å². The van der Waals surface area contributed by atoms with Gasteiger partial charge in [0.2, 0.25) is 15.9 Å². The van der Waals surface area contributed by atoms with Crippen molar-refractivity contribution < 1.29 is 27.5 Å². The highest BCUT2D eigenvalue weighted by Gasteiger charge is 2.58. The molecule has 2 fully saturated rings. The Morgan fingerprint density at radius 3 is 2.54 bits per heavy atom. The number of carboxylic acid groups (broad SMARTS) is 1. The average molecular weight is 404 g/mol. The van der Waals surface area contributed by atoms with Crippen LogP contribution < -0.4 is 0 Å². The number of benzene rings is 1. The van der Waals surface area contributed by atoms with Gasteiger partial charge in [-0.25, -0.2) is 18.1 Å². The van der Waals surface area contributed by atoms with Crippen molar-refractivity contribution in [1.82, 2.24) is 9.21 Å². The number of nitrogens with zero attached hydrogens (tertiary/aromatic N) is 2. The maximum atomic E-state index is 13.1. The minimum Gasteiger partial charge on any atom is -0.472 e. The lowest BCUT2D eigenvalue weighted by atomic mass is 9.68. The second-order valence-electron chi connectivity index (χ2n) is 7.20. The van der Waals surface area contributed by atoms with Crippen LogP contribution in [0.5, 0.6) is 0 Å². The van der Waals surface area contributed by atoms with Gasteiger partial charge < -0.3 is 9.52 Å². The highest BCUT2D eigenvalue weighted by Crippen LogP contribution is 2.50. The van der Waals surface area contributed by atoms with Crippen LogP contribution in [0, 0.1) is 5.41 Å². The number of carbonyl (C=O) groups is 2. The summed E-state index contributed by atoms with van der Waals surface area (Å²) >= 11 is 0. The van der Waals surface area contributed by atoms with Crippen molar-refractivity contribution >= 4 is 22.0 Å². The number of hydrogen-bond donors (Lipinski definition) is 1. The molecule has 2 aliphatic rings. The molecule has 4 rings (SSSR count). The van der Waals surface area contributed by atoms with Gasteiger partial charge in [-0.05, 0) is 36.6 Å². The number of carbonyl (C=O) groups excluding carboxylic acids is 1. The smallest absolute Gasteiger partial charge is 0.414 e. The Balaban J connectivity index is 1.73. The Hall–Kier alpha value is -2.65. The quantitative estimate of drug-likeness (QED) is 0.841. The monoisotopic (exact) mass is 404 g/mol. The molecule has 3 heterocycles. The van der Waals surface area contributed by atoms with Crippen molar-refractivity contribution in [2.24, 2.45) is 5.41 Å². The Morgan fingerprint density at radius 1 is 1.18 bits per heavy atom. The molecule has 2 unspecified atom stereocenters. The first-order valence-electron chi connectivity index (χ1n) is 8.98. The van der Waals surface area contributed by atoms with Crippen LogP contribution in [0.3, 0.4) is 0 Å². The number of rotatable bonds is 3. The zero-order chi connectivity index (χ0) is 19.9. The van der Waals surface area contributed by atoms with Crippen LogP contribution in [0.1, 0.15) is 24.3 Å². The van der Waals surface area contributed by atoms with E-state index in [0.717, 1.165) is 10.5 Å². The number of amides is 2. The van der Waals surface area contributed by atoms with Gasteiger partial charge in [-0.1, -0.05) is 18.2 Å². The number of hydrogen-bond acceptors (Lipinski definition) is 5. The van der Waals surface area contributed by atoms with E-state index < -0.39 is 27.4 Å². The third-order valence-electron chi connectivity index (χ3n) is 5.80. The molecule has 28 heavy (non-hydrogen) atoms. The summed E-state index contributed by atoms with van der Waals surface area (Å²) in [4.78, 5) is 25.6. The highest BCUT2D eigenvalue weighted by atomic mass is 32.2. The normalized spacial score (nSPS) is 26.1. The first kappa shape index (κ1) is 18.7. The van der Waals surface area contributed by atoms with E-state index in [1.54, 1.807) is 30.5 Å². The zero-order valence-corrected chi connectivity index (χ0v) is 15.8. The van der Waals surface area contributed by atoms with E-state index in [2.05, 4.69) is 0 Å². The molecule has 2 saturated heterocycles. The van der Waals surface area contributed by atoms with E-state index in [1.807, 2.05) is 0 Å². The molecule has 1 aromatic carbocycles. The van der Waals surface area contributed by atoms with Gasteiger partial charge in [0.1, 0.15) is 0 Å². The average Bonchev–Trinajstić information content (AvgIpc) is 3.32. The molecule has 0 bridgehead atoms. The molecule has 2 aromatic rings. The molecule has 2 atom stereocenters. The molecule has 0 saturated carbocycles. The second kappa shape index (κ2) is 6.75. The van der Waals surface area contributed by atoms with E-state index >= 15 is 0 Å². The van der Waals surface area contributed by atoms with Crippen LogP contribution in [0.25, 0.3) is 0 Å². The summed E-state index contributed by atoms with van der Waals surface area (Å²) in [5.74, 6) is -0.843. The molecule has 1 spiro atoms. The van der Waals surface area contributed by atoms with Crippen LogP contribution in [0.15, 0.2) is 58.2 Å². The predicted molar refractivity (Wildman–Crippen MR) is 98.1 cm³/mol. The van der Waals surface area contributed by atoms with Gasteiger partial charge in [0.05, 0.1) is 22.8 Å². The fraction of sp³-hybridized carbons (Fsp3) is 0.368. The molecule has 9 heteroatoms. The molecule has 1 N–H and O–H groups in total. The number of furan rings is 1. The van der Waals surface area contributed by atoms with Gasteiger partial charge in [0.25, 0.3) is 0 Å². The molecule has 1 aromatic heterocycles. The molecule has 2 aliphatic heterocycles. The van der Waals surface area contributed by atoms with Gasteiger partial charge in [0.15, 0.2) is 0 Å². The van der Waals surface area contributed by atoms with E-state index in [1.165, 1.54) is 22.7 Å². The molecular formula is C19H20N2O6S. The Morgan fingerprint density at radius 2 is 1.93 bits per heavy atom. The Labute approximate surface area is 162 Å². The van der Waals surface area contributed by atoms with Crippen molar-refractivity contribution in [3.8, 4) is 0 Å². The van der Waals surface area contributed by atoms with Crippen molar-refractivity contribution in [3.05, 3.63) is 54.5 Å². The van der Waals surface area contributed by atoms with Crippen LogP contribution >= 0.6 is 0 Å². The fourth-order valence-corrected chi connectivity index (χ4v) is 5.95. The minimum absolute atomic E-state index is 0.0529. The number of imide groups is 1. The summed E-state index contributed by atoms with van der Waals surface area (Å²) in [6.07, 6.45) is 2.42. The van der Waals surface area contributed by atoms with E-state index in [-0.39, 0.29) is 36.9 Å². The van der Waals surface area contributed by atoms with Gasteiger partial charge in [-0.15, -0.1) is 0 Å². The summed E-state index contributed by atoms with van der Waals surface area (Å²) in [6, 6.07) is 9.82. The summed E-state index contributed by atoms with van der Waals surface area (Å²) in [7, 11) is -3.79. The standard InChI is InChI=1S/C19H20N2O6S/c22-17-19(8-10-21(17)18(23)24)13-20(9-6-16(19)14-7-11-27-12-14)28(25,26)15-4-2-1-3-5-15/h1-5,7,11-12,16H,6,8-10,13H2,(H,23,24). The van der Waals surface area contributed by atoms with Crippen molar-refractivity contribution in [1.29, 1.82) is 0 Å². The van der Waals surface area contributed by atoms with Crippen LogP contribution in [-0.4, -0.2) is 54.4 Å². The molecule has 148 valence electrons. The molecular weight excluding hydrogens is 384 g/mol. The third-order valence-corrected chi connectivity index (χ3v) is 7.66. The van der Waals surface area contributed by atoms with Gasteiger partial charge in [0, 0.05) is 25.6 Å². The second-order valence-corrected chi connectivity index (χ2v) is 9.13. The van der Waals surface area contributed by atoms with Gasteiger partial charge in [-0.2, -0.15) is 4.31 Å². The van der Waals surface area contributed by atoms with E-state index in [9.17, 15) is 23.1 Å². The maximum absolute atomic E-state index is 13.1. The number of likely N-dealkylation sites (tertiary alicyclic amines) is 1. The largest absolute Gasteiger partial charge is 0.472 e. The van der Waals surface area contributed by atoms with Gasteiger partial charge >= 0.3 is 6.09 Å². The summed E-state index contributed by atoms with van der Waals surface area (Å²) in [5, 5.41) is 9.37. The van der Waals surface area contributed by atoms with Crippen molar-refractivity contribution in [2.45, 2.75) is 23.7 Å². The summed E-state index contributed by atoms with van der Waals surface area (Å²) in [6.45, 7) is 0.250. The molecule has 0 aliphatic carbocycles. The topological polar surface area (TPSA) is 108 Å². The SMILES string of the molecule is O=C(O)N1CCC2(CN(S(=O)(=O)c3ccccc3)CCC2c2ccoc2)C1=O.